The number of carbonyl (C=O) groups excluding carboxylic acids is 1. The van der Waals surface area contributed by atoms with Gasteiger partial charge in [-0.2, -0.15) is 0 Å². The van der Waals surface area contributed by atoms with Gasteiger partial charge in [0, 0.05) is 12.1 Å². The third-order valence-corrected chi connectivity index (χ3v) is 4.74. The Morgan fingerprint density at radius 2 is 2.05 bits per heavy atom. The normalized spacial score (nSPS) is 32.7. The number of hydrogen-bond acceptors (Lipinski definition) is 3. The lowest BCUT2D eigenvalue weighted by Crippen LogP contribution is -2.55. The molecule has 2 rings (SSSR count). The van der Waals surface area contributed by atoms with E-state index < -0.39 is 0 Å². The van der Waals surface area contributed by atoms with Gasteiger partial charge in [0.05, 0.1) is 6.61 Å². The number of rotatable bonds is 6. The smallest absolute Gasteiger partial charge is 0.249 e. The molecule has 0 spiro atoms. The summed E-state index contributed by atoms with van der Waals surface area (Å²) < 4.78 is 5.52. The van der Waals surface area contributed by atoms with Gasteiger partial charge in [-0.25, -0.2) is 0 Å². The molecule has 0 aromatic heterocycles. The van der Waals surface area contributed by atoms with Gasteiger partial charge in [0.25, 0.3) is 0 Å². The van der Waals surface area contributed by atoms with E-state index in [0.29, 0.717) is 30.5 Å². The number of carbonyl (C=O) groups is 1. The highest BCUT2D eigenvalue weighted by Crippen LogP contribution is 2.39. The largest absolute Gasteiger partial charge is 0.368 e. The Labute approximate surface area is 134 Å². The molecule has 3 N–H and O–H groups in total. The first-order chi connectivity index (χ1) is 9.61. The van der Waals surface area contributed by atoms with Gasteiger partial charge < -0.3 is 15.8 Å². The number of nitrogens with one attached hydrogen (secondary N) is 1. The summed E-state index contributed by atoms with van der Waals surface area (Å²) in [6, 6.07) is 0.626. The van der Waals surface area contributed by atoms with Gasteiger partial charge in [-0.15, -0.1) is 19.0 Å². The van der Waals surface area contributed by atoms with Crippen molar-refractivity contribution in [1.82, 2.24) is 5.32 Å². The molecule has 0 saturated heterocycles. The van der Waals surface area contributed by atoms with Crippen LogP contribution in [0.4, 0.5) is 0 Å². The van der Waals surface area contributed by atoms with Crippen molar-refractivity contribution in [2.24, 2.45) is 17.6 Å². The van der Waals surface area contributed by atoms with E-state index in [4.69, 9.17) is 10.5 Å². The predicted octanol–water partition coefficient (Wildman–Crippen LogP) is 2.41. The summed E-state index contributed by atoms with van der Waals surface area (Å²) in [5, 5.41) is 3.22. The first kappa shape index (κ1) is 18.5. The fraction of sp³-hybridized carbons (Fsp3) is 0.812. The summed E-state index contributed by atoms with van der Waals surface area (Å²) in [6.07, 6.45) is 7.96. The van der Waals surface area contributed by atoms with Crippen molar-refractivity contribution in [3.05, 3.63) is 12.7 Å². The van der Waals surface area contributed by atoms with Crippen molar-refractivity contribution in [1.29, 1.82) is 0 Å². The molecule has 5 heteroatoms. The molecule has 0 radical (unpaired) electrons. The molecule has 2 aliphatic carbocycles. The van der Waals surface area contributed by atoms with Crippen LogP contribution in [0.2, 0.25) is 0 Å². The van der Waals surface area contributed by atoms with Gasteiger partial charge in [0.15, 0.2) is 0 Å². The molecule has 2 fully saturated rings. The highest BCUT2D eigenvalue weighted by atomic mass is 35.5. The minimum atomic E-state index is -0.383. The minimum Gasteiger partial charge on any atom is -0.368 e. The molecule has 3 atom stereocenters. The van der Waals surface area contributed by atoms with E-state index in [0.717, 1.165) is 19.3 Å². The first-order valence-electron chi connectivity index (χ1n) is 7.90. The molecule has 122 valence electrons. The van der Waals surface area contributed by atoms with Crippen LogP contribution in [0, 0.1) is 11.8 Å². The lowest BCUT2D eigenvalue weighted by Gasteiger charge is -2.45. The van der Waals surface area contributed by atoms with E-state index in [9.17, 15) is 4.79 Å². The van der Waals surface area contributed by atoms with Crippen LogP contribution in [0.15, 0.2) is 12.7 Å². The Hall–Kier alpha value is -0.580. The average molecular weight is 317 g/mol. The fourth-order valence-corrected chi connectivity index (χ4v) is 3.71. The van der Waals surface area contributed by atoms with Gasteiger partial charge in [-0.05, 0) is 50.9 Å². The highest BCUT2D eigenvalue weighted by molar-refractivity contribution is 5.85. The summed E-state index contributed by atoms with van der Waals surface area (Å²) in [5.41, 5.74) is 6.11. The monoisotopic (exact) mass is 316 g/mol. The Morgan fingerprint density at radius 3 is 2.62 bits per heavy atom. The van der Waals surface area contributed by atoms with Gasteiger partial charge in [-0.1, -0.05) is 12.5 Å². The predicted molar refractivity (Wildman–Crippen MR) is 87.4 cm³/mol. The SMILES string of the molecule is C=CCCOC(C)C(=O)NC1C2CCCC1CC(N)C2.Cl. The molecule has 3 unspecified atom stereocenters. The van der Waals surface area contributed by atoms with Crippen LogP contribution in [0.5, 0.6) is 0 Å². The Bertz CT molecular complexity index is 337. The van der Waals surface area contributed by atoms with Gasteiger partial charge in [0.1, 0.15) is 6.10 Å². The summed E-state index contributed by atoms with van der Waals surface area (Å²) in [5.74, 6) is 1.13. The van der Waals surface area contributed by atoms with Crippen molar-refractivity contribution >= 4 is 18.3 Å². The van der Waals surface area contributed by atoms with Gasteiger partial charge >= 0.3 is 0 Å². The van der Waals surface area contributed by atoms with Crippen LogP contribution >= 0.6 is 12.4 Å². The second-order valence-electron chi connectivity index (χ2n) is 6.31. The first-order valence-corrected chi connectivity index (χ1v) is 7.90. The van der Waals surface area contributed by atoms with Crippen molar-refractivity contribution in [3.63, 3.8) is 0 Å². The summed E-state index contributed by atoms with van der Waals surface area (Å²) in [6.45, 7) is 6.03. The van der Waals surface area contributed by atoms with Crippen LogP contribution in [0.25, 0.3) is 0 Å². The van der Waals surface area contributed by atoms with Crippen molar-refractivity contribution in [2.75, 3.05) is 6.61 Å². The van der Waals surface area contributed by atoms with Crippen LogP contribution in [0.1, 0.15) is 45.4 Å². The van der Waals surface area contributed by atoms with E-state index in [1.165, 1.54) is 19.3 Å². The van der Waals surface area contributed by atoms with Crippen LogP contribution in [-0.2, 0) is 9.53 Å². The fourth-order valence-electron chi connectivity index (χ4n) is 3.71. The van der Waals surface area contributed by atoms with Crippen LogP contribution < -0.4 is 11.1 Å². The van der Waals surface area contributed by atoms with Crippen molar-refractivity contribution in [2.45, 2.75) is 63.6 Å². The number of nitrogens with two attached hydrogens (primary N) is 1. The molecule has 0 aromatic rings. The minimum absolute atomic E-state index is 0. The summed E-state index contributed by atoms with van der Waals surface area (Å²) >= 11 is 0. The van der Waals surface area contributed by atoms with Crippen molar-refractivity contribution in [3.8, 4) is 0 Å². The van der Waals surface area contributed by atoms with Crippen LogP contribution in [0.3, 0.4) is 0 Å². The quantitative estimate of drug-likeness (QED) is 0.584. The van der Waals surface area contributed by atoms with E-state index in [2.05, 4.69) is 11.9 Å². The Kier molecular flexibility index (Phi) is 7.71. The second kappa shape index (κ2) is 8.76. The molecule has 2 bridgehead atoms. The molecule has 0 heterocycles. The van der Waals surface area contributed by atoms with E-state index in [1.807, 2.05) is 6.92 Å². The van der Waals surface area contributed by atoms with Gasteiger partial charge in [-0.3, -0.25) is 4.79 Å². The number of halogens is 1. The van der Waals surface area contributed by atoms with E-state index in [1.54, 1.807) is 6.08 Å². The number of ether oxygens (including phenoxy) is 1. The maximum Gasteiger partial charge on any atom is 0.249 e. The maximum atomic E-state index is 12.2. The molecule has 4 nitrogen and oxygen atoms in total. The Balaban J connectivity index is 0.00000220. The lowest BCUT2D eigenvalue weighted by molar-refractivity contribution is -0.134. The topological polar surface area (TPSA) is 64.3 Å². The zero-order valence-corrected chi connectivity index (χ0v) is 13.7. The van der Waals surface area contributed by atoms with Gasteiger partial charge in [0.2, 0.25) is 5.91 Å². The summed E-state index contributed by atoms with van der Waals surface area (Å²) in [4.78, 5) is 12.2. The molecule has 2 aliphatic rings. The number of fused-ring (bicyclic) bond motifs is 2. The zero-order valence-electron chi connectivity index (χ0n) is 12.9. The van der Waals surface area contributed by atoms with E-state index in [-0.39, 0.29) is 24.4 Å². The average Bonchev–Trinajstić information content (AvgIpc) is 2.40. The zero-order chi connectivity index (χ0) is 14.5. The molecule has 21 heavy (non-hydrogen) atoms. The third kappa shape index (κ3) is 4.97. The molecule has 2 saturated carbocycles. The molecule has 0 aliphatic heterocycles. The molecule has 1 amide bonds. The third-order valence-electron chi connectivity index (χ3n) is 4.74. The molecular weight excluding hydrogens is 288 g/mol. The van der Waals surface area contributed by atoms with E-state index >= 15 is 0 Å². The summed E-state index contributed by atoms with van der Waals surface area (Å²) in [7, 11) is 0. The van der Waals surface area contributed by atoms with Crippen molar-refractivity contribution < 1.29 is 9.53 Å². The number of amides is 1. The maximum absolute atomic E-state index is 12.2. The number of hydrogen-bond donors (Lipinski definition) is 2. The van der Waals surface area contributed by atoms with Crippen LogP contribution in [-0.4, -0.2) is 30.7 Å². The Morgan fingerprint density at radius 1 is 1.43 bits per heavy atom. The molecule has 0 aromatic carbocycles. The highest BCUT2D eigenvalue weighted by Gasteiger charge is 2.40. The standard InChI is InChI=1S/C16H28N2O2.ClH/c1-3-4-8-20-11(2)16(19)18-15-12-6-5-7-13(15)10-14(17)9-12;/h3,11-15H,1,4-10,17H2,2H3,(H,18,19);1H. The lowest BCUT2D eigenvalue weighted by atomic mass is 9.67. The second-order valence-corrected chi connectivity index (χ2v) is 6.31. The molecular formula is C16H29ClN2O2.